The molecule has 2 aromatic heterocycles. The lowest BCUT2D eigenvalue weighted by molar-refractivity contribution is 0.0600. The van der Waals surface area contributed by atoms with Gasteiger partial charge in [0.05, 0.1) is 30.2 Å². The smallest absolute Gasteiger partial charge is 0.345 e. The number of hydrogen-bond donors (Lipinski definition) is 1. The summed E-state index contributed by atoms with van der Waals surface area (Å²) in [6.45, 7) is 1.80. The van der Waals surface area contributed by atoms with Gasteiger partial charge in [-0.3, -0.25) is 9.36 Å². The zero-order valence-electron chi connectivity index (χ0n) is 13.3. The van der Waals surface area contributed by atoms with E-state index in [-0.39, 0.29) is 11.3 Å². The van der Waals surface area contributed by atoms with Crippen LogP contribution in [-0.2, 0) is 4.74 Å². The van der Waals surface area contributed by atoms with Crippen molar-refractivity contribution in [2.24, 2.45) is 0 Å². The average molecular weight is 423 g/mol. The summed E-state index contributed by atoms with van der Waals surface area (Å²) in [6, 6.07) is 6.90. The van der Waals surface area contributed by atoms with Crippen molar-refractivity contribution in [3.05, 3.63) is 61.6 Å². The first-order valence-corrected chi connectivity index (χ1v) is 8.36. The first-order valence-electron chi connectivity index (χ1n) is 7.19. The Hall–Kier alpha value is -2.38. The second kappa shape index (κ2) is 6.50. The van der Waals surface area contributed by atoms with Gasteiger partial charge in [0.15, 0.2) is 0 Å². The number of pyridine rings is 2. The van der Waals surface area contributed by atoms with Crippen LogP contribution >= 0.6 is 27.5 Å². The van der Waals surface area contributed by atoms with Crippen molar-refractivity contribution < 1.29 is 9.53 Å². The maximum Gasteiger partial charge on any atom is 0.345 e. The maximum atomic E-state index is 13.1. The second-order valence-electron chi connectivity index (χ2n) is 5.38. The zero-order chi connectivity index (χ0) is 18.3. The molecule has 0 radical (unpaired) electrons. The van der Waals surface area contributed by atoms with E-state index in [2.05, 4.69) is 20.9 Å². The van der Waals surface area contributed by atoms with Crippen LogP contribution in [0.2, 0.25) is 5.15 Å². The van der Waals surface area contributed by atoms with Crippen LogP contribution in [0.15, 0.2) is 39.7 Å². The molecule has 0 saturated heterocycles. The predicted octanol–water partition coefficient (Wildman–Crippen LogP) is 3.48. The first kappa shape index (κ1) is 17.4. The lowest BCUT2D eigenvalue weighted by Gasteiger charge is -2.16. The molecule has 25 heavy (non-hydrogen) atoms. The SMILES string of the molecule is COC(=O)c1c(N)c2ccc(Br)cc2n(-c2cnc(Cl)cc2C)c1=O. The number of rotatable bonds is 2. The molecule has 0 spiro atoms. The number of anilines is 1. The van der Waals surface area contributed by atoms with Gasteiger partial charge in [-0.2, -0.15) is 0 Å². The van der Waals surface area contributed by atoms with E-state index >= 15 is 0 Å². The molecule has 0 bridgehead atoms. The van der Waals surface area contributed by atoms with Crippen molar-refractivity contribution in [3.8, 4) is 5.69 Å². The highest BCUT2D eigenvalue weighted by Crippen LogP contribution is 2.29. The molecule has 0 fully saturated rings. The van der Waals surface area contributed by atoms with Crippen molar-refractivity contribution in [1.82, 2.24) is 9.55 Å². The number of benzene rings is 1. The van der Waals surface area contributed by atoms with Gasteiger partial charge in [0.25, 0.3) is 5.56 Å². The molecule has 128 valence electrons. The fraction of sp³-hybridized carbons (Fsp3) is 0.118. The Bertz CT molecular complexity index is 1080. The van der Waals surface area contributed by atoms with E-state index in [1.807, 2.05) is 0 Å². The number of fused-ring (bicyclic) bond motifs is 1. The second-order valence-corrected chi connectivity index (χ2v) is 6.68. The van der Waals surface area contributed by atoms with Crippen LogP contribution in [0.3, 0.4) is 0 Å². The summed E-state index contributed by atoms with van der Waals surface area (Å²) >= 11 is 9.31. The van der Waals surface area contributed by atoms with Crippen LogP contribution in [0.4, 0.5) is 5.69 Å². The third-order valence-electron chi connectivity index (χ3n) is 3.86. The van der Waals surface area contributed by atoms with E-state index in [4.69, 9.17) is 22.1 Å². The summed E-state index contributed by atoms with van der Waals surface area (Å²) in [5.41, 5.74) is 7.14. The lowest BCUT2D eigenvalue weighted by Crippen LogP contribution is -2.28. The number of aryl methyl sites for hydroxylation is 1. The van der Waals surface area contributed by atoms with Gasteiger partial charge in [0.2, 0.25) is 0 Å². The molecule has 3 aromatic rings. The summed E-state index contributed by atoms with van der Waals surface area (Å²) in [7, 11) is 1.20. The molecular weight excluding hydrogens is 410 g/mol. The van der Waals surface area contributed by atoms with Gasteiger partial charge in [-0.15, -0.1) is 0 Å². The van der Waals surface area contributed by atoms with Crippen molar-refractivity contribution >= 4 is 50.1 Å². The Morgan fingerprint density at radius 3 is 2.72 bits per heavy atom. The number of carbonyl (C=O) groups is 1. The first-order chi connectivity index (χ1) is 11.8. The molecule has 1 aromatic carbocycles. The van der Waals surface area contributed by atoms with Crippen molar-refractivity contribution in [3.63, 3.8) is 0 Å². The monoisotopic (exact) mass is 421 g/mol. The largest absolute Gasteiger partial charge is 0.465 e. The van der Waals surface area contributed by atoms with Crippen LogP contribution in [0.1, 0.15) is 15.9 Å². The molecule has 0 aliphatic heterocycles. The van der Waals surface area contributed by atoms with Gasteiger partial charge in [0, 0.05) is 9.86 Å². The number of methoxy groups -OCH3 is 1. The molecule has 2 heterocycles. The standard InChI is InChI=1S/C17H13BrClN3O3/c1-8-5-13(19)21-7-12(8)22-11-6-9(18)3-4-10(11)15(20)14(16(22)23)17(24)25-2/h3-7H,20H2,1-2H3. The number of hydrogen-bond acceptors (Lipinski definition) is 5. The number of nitrogen functional groups attached to an aromatic ring is 1. The summed E-state index contributed by atoms with van der Waals surface area (Å²) in [4.78, 5) is 29.2. The van der Waals surface area contributed by atoms with Gasteiger partial charge in [0.1, 0.15) is 10.7 Å². The Kier molecular flexibility index (Phi) is 4.53. The van der Waals surface area contributed by atoms with Crippen molar-refractivity contribution in [1.29, 1.82) is 0 Å². The summed E-state index contributed by atoms with van der Waals surface area (Å²) in [6.07, 6.45) is 1.48. The molecule has 6 nitrogen and oxygen atoms in total. The van der Waals surface area contributed by atoms with Crippen LogP contribution in [0.25, 0.3) is 16.6 Å². The van der Waals surface area contributed by atoms with E-state index in [0.29, 0.717) is 21.7 Å². The number of halogens is 2. The molecule has 0 saturated carbocycles. The molecular formula is C17H13BrClN3O3. The van der Waals surface area contributed by atoms with E-state index < -0.39 is 11.5 Å². The normalized spacial score (nSPS) is 10.9. The minimum absolute atomic E-state index is 0.0789. The van der Waals surface area contributed by atoms with Gasteiger partial charge < -0.3 is 10.5 Å². The third-order valence-corrected chi connectivity index (χ3v) is 4.56. The van der Waals surface area contributed by atoms with Gasteiger partial charge in [-0.1, -0.05) is 27.5 Å². The number of esters is 1. The fourth-order valence-corrected chi connectivity index (χ4v) is 3.24. The average Bonchev–Trinajstić information content (AvgIpc) is 2.56. The van der Waals surface area contributed by atoms with Gasteiger partial charge in [-0.25, -0.2) is 9.78 Å². The highest BCUT2D eigenvalue weighted by atomic mass is 79.9. The van der Waals surface area contributed by atoms with Crippen LogP contribution in [0.5, 0.6) is 0 Å². The van der Waals surface area contributed by atoms with Crippen molar-refractivity contribution in [2.45, 2.75) is 6.92 Å². The van der Waals surface area contributed by atoms with E-state index in [9.17, 15) is 9.59 Å². The van der Waals surface area contributed by atoms with Crippen LogP contribution in [-0.4, -0.2) is 22.6 Å². The molecule has 3 rings (SSSR count). The molecule has 0 atom stereocenters. The topological polar surface area (TPSA) is 87.2 Å². The van der Waals surface area contributed by atoms with E-state index in [1.54, 1.807) is 31.2 Å². The molecule has 0 unspecified atom stereocenters. The fourth-order valence-electron chi connectivity index (χ4n) is 2.68. The zero-order valence-corrected chi connectivity index (χ0v) is 15.7. The van der Waals surface area contributed by atoms with Crippen LogP contribution in [0, 0.1) is 6.92 Å². The Morgan fingerprint density at radius 1 is 1.36 bits per heavy atom. The quantitative estimate of drug-likeness (QED) is 0.505. The Labute approximate surface area is 156 Å². The minimum Gasteiger partial charge on any atom is -0.465 e. The number of ether oxygens (including phenoxy) is 1. The minimum atomic E-state index is -0.791. The highest BCUT2D eigenvalue weighted by molar-refractivity contribution is 9.10. The van der Waals surface area contributed by atoms with E-state index in [1.165, 1.54) is 17.9 Å². The summed E-state index contributed by atoms with van der Waals surface area (Å²) in [5, 5.41) is 0.862. The number of aromatic nitrogens is 2. The molecule has 8 heteroatoms. The maximum absolute atomic E-state index is 13.1. The lowest BCUT2D eigenvalue weighted by atomic mass is 10.1. The molecule has 0 aliphatic rings. The van der Waals surface area contributed by atoms with Crippen LogP contribution < -0.4 is 11.3 Å². The predicted molar refractivity (Wildman–Crippen MR) is 101 cm³/mol. The summed E-state index contributed by atoms with van der Waals surface area (Å²) in [5.74, 6) is -0.791. The third kappa shape index (κ3) is 2.89. The van der Waals surface area contributed by atoms with E-state index in [0.717, 1.165) is 10.0 Å². The molecule has 0 aliphatic carbocycles. The molecule has 0 amide bonds. The van der Waals surface area contributed by atoms with Crippen molar-refractivity contribution in [2.75, 3.05) is 12.8 Å². The molecule has 2 N–H and O–H groups in total. The Balaban J connectivity index is 2.54. The number of nitrogens with zero attached hydrogens (tertiary/aromatic N) is 2. The van der Waals surface area contributed by atoms with Gasteiger partial charge in [-0.05, 0) is 36.8 Å². The summed E-state index contributed by atoms with van der Waals surface area (Å²) < 4.78 is 6.88. The number of carbonyl (C=O) groups excluding carboxylic acids is 1. The number of nitrogens with two attached hydrogens (primary N) is 1. The van der Waals surface area contributed by atoms with Gasteiger partial charge >= 0.3 is 5.97 Å². The highest BCUT2D eigenvalue weighted by Gasteiger charge is 2.23. The Morgan fingerprint density at radius 2 is 2.08 bits per heavy atom.